The van der Waals surface area contributed by atoms with Gasteiger partial charge in [0, 0.05) is 5.41 Å². The van der Waals surface area contributed by atoms with Crippen molar-refractivity contribution in [2.24, 2.45) is 5.92 Å². The molecule has 1 atom stereocenters. The monoisotopic (exact) mass is 372 g/mol. The maximum Gasteiger partial charge on any atom is 0.111 e. The molecule has 1 unspecified atom stereocenters. The highest BCUT2D eigenvalue weighted by Crippen LogP contribution is 2.43. The Morgan fingerprint density at radius 2 is 1.30 bits per heavy atom. The molecule has 0 aromatic heterocycles. The molecule has 0 bridgehead atoms. The average Bonchev–Trinajstić information content (AvgIpc) is 2.63. The number of rotatable bonds is 7. The smallest absolute Gasteiger partial charge is 0.111 e. The van der Waals surface area contributed by atoms with Crippen molar-refractivity contribution >= 4 is 0 Å². The van der Waals surface area contributed by atoms with Crippen LogP contribution >= 0.6 is 0 Å². The van der Waals surface area contributed by atoms with Crippen LogP contribution in [0.2, 0.25) is 0 Å². The maximum absolute atomic E-state index is 4.11. The van der Waals surface area contributed by atoms with Gasteiger partial charge in [-0.1, -0.05) is 65.8 Å². The van der Waals surface area contributed by atoms with E-state index >= 15 is 0 Å². The minimum atomic E-state index is -0.0453. The van der Waals surface area contributed by atoms with Crippen molar-refractivity contribution in [3.05, 3.63) is 60.4 Å². The summed E-state index contributed by atoms with van der Waals surface area (Å²) in [7, 11) is 2.23. The van der Waals surface area contributed by atoms with Crippen molar-refractivity contribution in [1.29, 1.82) is 0 Å². The highest BCUT2D eigenvalue weighted by Gasteiger charge is 2.50. The van der Waals surface area contributed by atoms with Gasteiger partial charge in [-0.3, -0.25) is 4.48 Å². The first-order chi connectivity index (χ1) is 12.3. The van der Waals surface area contributed by atoms with Crippen molar-refractivity contribution in [2.45, 2.75) is 92.5 Å². The predicted octanol–water partition coefficient (Wildman–Crippen LogP) is 7.83. The molecule has 154 valence electrons. The van der Waals surface area contributed by atoms with Crippen LogP contribution in [0.3, 0.4) is 0 Å². The van der Waals surface area contributed by atoms with E-state index in [0.29, 0.717) is 10.4 Å². The molecule has 1 rings (SSSR count). The van der Waals surface area contributed by atoms with Crippen molar-refractivity contribution in [2.75, 3.05) is 7.05 Å². The first kappa shape index (κ1) is 25.7. The van der Waals surface area contributed by atoms with Crippen LogP contribution < -0.4 is 0 Å². The number of hydrogen-bond acceptors (Lipinski definition) is 0. The second-order valence-electron chi connectivity index (χ2n) is 9.45. The van der Waals surface area contributed by atoms with Crippen LogP contribution in [-0.4, -0.2) is 17.1 Å². The fourth-order valence-electron chi connectivity index (χ4n) is 3.39. The van der Waals surface area contributed by atoms with Crippen LogP contribution in [0.5, 0.6) is 0 Å². The Hall–Kier alpha value is -1.34. The minimum Gasteiger partial charge on any atom is -0.269 e. The molecule has 0 aliphatic carbocycles. The molecule has 0 saturated heterocycles. The van der Waals surface area contributed by atoms with E-state index in [-0.39, 0.29) is 16.4 Å². The SMILES string of the molecule is C=C[N+](C)(/C=C\C)C(C)(C)C(C)(C)c1ccc(C(C)(C)C(C)C)cc1.CC. The molecule has 0 aliphatic heterocycles. The van der Waals surface area contributed by atoms with Gasteiger partial charge >= 0.3 is 0 Å². The largest absolute Gasteiger partial charge is 0.269 e. The van der Waals surface area contributed by atoms with Gasteiger partial charge in [0.15, 0.2) is 0 Å². The predicted molar refractivity (Wildman–Crippen MR) is 124 cm³/mol. The van der Waals surface area contributed by atoms with Gasteiger partial charge in [-0.2, -0.15) is 0 Å². The Morgan fingerprint density at radius 1 is 0.889 bits per heavy atom. The third-order valence-corrected chi connectivity index (χ3v) is 7.37. The lowest BCUT2D eigenvalue weighted by molar-refractivity contribution is -0.866. The highest BCUT2D eigenvalue weighted by molar-refractivity contribution is 5.34. The van der Waals surface area contributed by atoms with E-state index in [2.05, 4.69) is 112 Å². The summed E-state index contributed by atoms with van der Waals surface area (Å²) >= 11 is 0. The molecular formula is C26H46N+. The molecule has 1 aromatic carbocycles. The minimum absolute atomic E-state index is 0.0179. The number of hydrogen-bond donors (Lipinski definition) is 0. The average molecular weight is 373 g/mol. The fourth-order valence-corrected chi connectivity index (χ4v) is 3.39. The van der Waals surface area contributed by atoms with Crippen molar-refractivity contribution < 1.29 is 4.48 Å². The molecular weight excluding hydrogens is 326 g/mol. The van der Waals surface area contributed by atoms with Crippen LogP contribution in [-0.2, 0) is 10.8 Å². The topological polar surface area (TPSA) is 0 Å². The third-order valence-electron chi connectivity index (χ3n) is 7.37. The van der Waals surface area contributed by atoms with E-state index < -0.39 is 0 Å². The Bertz CT molecular complexity index is 614. The normalized spacial score (nSPS) is 15.3. The molecule has 0 spiro atoms. The van der Waals surface area contributed by atoms with Crippen LogP contribution in [0.25, 0.3) is 0 Å². The zero-order valence-corrected chi connectivity index (χ0v) is 20.3. The Morgan fingerprint density at radius 3 is 1.63 bits per heavy atom. The highest BCUT2D eigenvalue weighted by atomic mass is 15.4. The fraction of sp³-hybridized carbons (Fsp3) is 0.615. The van der Waals surface area contributed by atoms with Gasteiger partial charge in [-0.15, -0.1) is 0 Å². The second kappa shape index (κ2) is 9.24. The van der Waals surface area contributed by atoms with Gasteiger partial charge in [0.25, 0.3) is 0 Å². The zero-order valence-electron chi connectivity index (χ0n) is 20.3. The van der Waals surface area contributed by atoms with Crippen LogP contribution in [0, 0.1) is 5.92 Å². The third kappa shape index (κ3) is 4.74. The quantitative estimate of drug-likeness (QED) is 0.428. The molecule has 0 aliphatic rings. The molecule has 0 fully saturated rings. The van der Waals surface area contributed by atoms with Gasteiger partial charge in [0.05, 0.1) is 19.4 Å². The molecule has 27 heavy (non-hydrogen) atoms. The molecule has 0 radical (unpaired) electrons. The van der Waals surface area contributed by atoms with Crippen LogP contribution in [0.4, 0.5) is 0 Å². The van der Waals surface area contributed by atoms with E-state index in [1.54, 1.807) is 0 Å². The van der Waals surface area contributed by atoms with Crippen molar-refractivity contribution in [3.63, 3.8) is 0 Å². The summed E-state index contributed by atoms with van der Waals surface area (Å²) in [5.41, 5.74) is 2.91. The molecule has 0 heterocycles. The number of likely N-dealkylation sites (N-methyl/N-ethyl adjacent to an activating group) is 1. The number of nitrogens with zero attached hydrogens (tertiary/aromatic N) is 1. The van der Waals surface area contributed by atoms with Crippen molar-refractivity contribution in [1.82, 2.24) is 0 Å². The van der Waals surface area contributed by atoms with E-state index in [4.69, 9.17) is 0 Å². The summed E-state index contributed by atoms with van der Waals surface area (Å²) in [6.07, 6.45) is 6.39. The van der Waals surface area contributed by atoms with E-state index in [1.807, 2.05) is 20.0 Å². The Balaban J connectivity index is 0.00000326. The molecule has 1 nitrogen and oxygen atoms in total. The lowest BCUT2D eigenvalue weighted by Crippen LogP contribution is -2.61. The number of benzene rings is 1. The number of allylic oxidation sites excluding steroid dienone is 1. The summed E-state index contributed by atoms with van der Waals surface area (Å²) in [6, 6.07) is 9.29. The van der Waals surface area contributed by atoms with E-state index in [0.717, 1.165) is 0 Å². The summed E-state index contributed by atoms with van der Waals surface area (Å²) in [4.78, 5) is 0. The summed E-state index contributed by atoms with van der Waals surface area (Å²) in [5, 5.41) is 0. The second-order valence-corrected chi connectivity index (χ2v) is 9.45. The van der Waals surface area contributed by atoms with Gasteiger partial charge in [0.1, 0.15) is 5.54 Å². The van der Waals surface area contributed by atoms with Gasteiger partial charge in [0.2, 0.25) is 0 Å². The lowest BCUT2D eigenvalue weighted by Gasteiger charge is -2.51. The van der Waals surface area contributed by atoms with Gasteiger partial charge in [-0.05, 0) is 69.7 Å². The summed E-state index contributed by atoms with van der Waals surface area (Å²) in [6.45, 7) is 28.8. The Labute approximate surface area is 170 Å². The maximum atomic E-state index is 4.11. The molecule has 1 aromatic rings. The molecule has 0 N–H and O–H groups in total. The van der Waals surface area contributed by atoms with Crippen LogP contribution in [0.15, 0.2) is 49.3 Å². The first-order valence-electron chi connectivity index (χ1n) is 10.5. The van der Waals surface area contributed by atoms with Gasteiger partial charge in [-0.25, -0.2) is 0 Å². The van der Waals surface area contributed by atoms with E-state index in [9.17, 15) is 0 Å². The zero-order chi connectivity index (χ0) is 21.7. The first-order valence-corrected chi connectivity index (χ1v) is 10.5. The van der Waals surface area contributed by atoms with Crippen LogP contribution in [0.1, 0.15) is 87.3 Å². The summed E-state index contributed by atoms with van der Waals surface area (Å²) < 4.78 is 0.690. The Kier molecular flexibility index (Phi) is 8.78. The molecule has 0 amide bonds. The molecule has 1 heteroatoms. The van der Waals surface area contributed by atoms with Gasteiger partial charge < -0.3 is 0 Å². The molecule has 0 saturated carbocycles. The lowest BCUT2D eigenvalue weighted by atomic mass is 9.67. The van der Waals surface area contributed by atoms with Crippen molar-refractivity contribution in [3.8, 4) is 0 Å². The van der Waals surface area contributed by atoms with E-state index in [1.165, 1.54) is 11.1 Å². The number of quaternary nitrogens is 1. The standard InChI is InChI=1S/C24H40N.C2H6/c1-12-18-25(11,13-2)24(9,10)23(7,8)21-16-14-20(15-17-21)22(5,6)19(3)4;1-2/h12-19H,2H2,1,3-11H3;1-2H3/q+1;/b18-12-;. The summed E-state index contributed by atoms with van der Waals surface area (Å²) in [5.74, 6) is 0.609.